The number of carbonyl (C=O) groups is 1. The number of hydrogen-bond donors (Lipinski definition) is 1. The molecule has 1 saturated heterocycles. The van der Waals surface area contributed by atoms with Crippen molar-refractivity contribution in [1.82, 2.24) is 10.2 Å². The van der Waals surface area contributed by atoms with Crippen LogP contribution in [0, 0.1) is 0 Å². The normalized spacial score (nSPS) is 18.1. The smallest absolute Gasteiger partial charge is 0.222 e. The van der Waals surface area contributed by atoms with Gasteiger partial charge in [-0.1, -0.05) is 97.8 Å². The van der Waals surface area contributed by atoms with Gasteiger partial charge in [0.15, 0.2) is 0 Å². The summed E-state index contributed by atoms with van der Waals surface area (Å²) in [5, 5.41) is 3.59. The third-order valence-corrected chi connectivity index (χ3v) is 5.60. The summed E-state index contributed by atoms with van der Waals surface area (Å²) < 4.78 is 0. The average Bonchev–Trinajstić information content (AvgIpc) is 2.61. The second-order valence-corrected chi connectivity index (χ2v) is 8.64. The molecule has 154 valence electrons. The van der Waals surface area contributed by atoms with Crippen LogP contribution in [0.5, 0.6) is 0 Å². The topological polar surface area (TPSA) is 32.3 Å². The van der Waals surface area contributed by atoms with Crippen molar-refractivity contribution in [3.63, 3.8) is 0 Å². The van der Waals surface area contributed by atoms with Crippen molar-refractivity contribution >= 4 is 5.91 Å². The van der Waals surface area contributed by atoms with Crippen molar-refractivity contribution in [2.45, 2.75) is 129 Å². The van der Waals surface area contributed by atoms with E-state index in [0.717, 1.165) is 25.9 Å². The molecule has 0 radical (unpaired) electrons. The van der Waals surface area contributed by atoms with Gasteiger partial charge in [0.25, 0.3) is 0 Å². The third-order valence-electron chi connectivity index (χ3n) is 5.60. The van der Waals surface area contributed by atoms with Gasteiger partial charge in [-0.3, -0.25) is 4.79 Å². The largest absolute Gasteiger partial charge is 0.341 e. The minimum Gasteiger partial charge on any atom is -0.341 e. The average molecular weight is 367 g/mol. The van der Waals surface area contributed by atoms with Crippen LogP contribution in [0.25, 0.3) is 0 Å². The lowest BCUT2D eigenvalue weighted by molar-refractivity contribution is -0.134. The summed E-state index contributed by atoms with van der Waals surface area (Å²) in [7, 11) is 0. The third kappa shape index (κ3) is 11.9. The van der Waals surface area contributed by atoms with Crippen molar-refractivity contribution in [2.75, 3.05) is 13.1 Å². The molecule has 3 nitrogen and oxygen atoms in total. The van der Waals surface area contributed by atoms with Crippen molar-refractivity contribution in [3.8, 4) is 0 Å². The molecule has 1 heterocycles. The summed E-state index contributed by atoms with van der Waals surface area (Å²) in [5.74, 6) is 0.366. The van der Waals surface area contributed by atoms with Crippen molar-refractivity contribution in [2.24, 2.45) is 0 Å². The number of nitrogens with zero attached hydrogens (tertiary/aromatic N) is 1. The number of hydrogen-bond acceptors (Lipinski definition) is 2. The van der Waals surface area contributed by atoms with E-state index in [-0.39, 0.29) is 0 Å². The monoisotopic (exact) mass is 366 g/mol. The van der Waals surface area contributed by atoms with Gasteiger partial charge in [-0.2, -0.15) is 0 Å². The first-order valence-corrected chi connectivity index (χ1v) is 11.7. The fraction of sp³-hybridized carbons (Fsp3) is 0.957. The molecule has 0 bridgehead atoms. The highest BCUT2D eigenvalue weighted by molar-refractivity contribution is 5.77. The van der Waals surface area contributed by atoms with Crippen LogP contribution in [0.15, 0.2) is 0 Å². The summed E-state index contributed by atoms with van der Waals surface area (Å²) >= 11 is 0. The maximum atomic E-state index is 12.1. The zero-order valence-corrected chi connectivity index (χ0v) is 18.0. The van der Waals surface area contributed by atoms with Gasteiger partial charge in [-0.25, -0.2) is 0 Å². The lowest BCUT2D eigenvalue weighted by Crippen LogP contribution is -2.50. The van der Waals surface area contributed by atoms with Gasteiger partial charge in [0.2, 0.25) is 5.91 Å². The van der Waals surface area contributed by atoms with Gasteiger partial charge in [-0.15, -0.1) is 0 Å². The van der Waals surface area contributed by atoms with Gasteiger partial charge in [0.05, 0.1) is 0 Å². The Balaban J connectivity index is 1.91. The van der Waals surface area contributed by atoms with E-state index in [1.54, 1.807) is 0 Å². The molecule has 0 saturated carbocycles. The molecule has 0 aromatic carbocycles. The first-order chi connectivity index (χ1) is 12.6. The van der Waals surface area contributed by atoms with Crippen LogP contribution in [0.2, 0.25) is 0 Å². The minimum absolute atomic E-state index is 0.366. The second-order valence-electron chi connectivity index (χ2n) is 8.64. The Morgan fingerprint density at radius 3 is 1.88 bits per heavy atom. The van der Waals surface area contributed by atoms with E-state index in [9.17, 15) is 4.79 Å². The zero-order chi connectivity index (χ0) is 19.0. The van der Waals surface area contributed by atoms with Gasteiger partial charge < -0.3 is 10.2 Å². The minimum atomic E-state index is 0.366. The van der Waals surface area contributed by atoms with Crippen LogP contribution in [0.3, 0.4) is 0 Å². The van der Waals surface area contributed by atoms with E-state index in [1.807, 2.05) is 0 Å². The quantitative estimate of drug-likeness (QED) is 0.336. The lowest BCUT2D eigenvalue weighted by Gasteiger charge is -2.34. The molecule has 1 rings (SSSR count). The number of likely N-dealkylation sites (tertiary alicyclic amines) is 1. The second kappa shape index (κ2) is 15.5. The molecule has 0 aliphatic carbocycles. The van der Waals surface area contributed by atoms with Crippen LogP contribution in [-0.2, 0) is 4.79 Å². The zero-order valence-electron chi connectivity index (χ0n) is 18.0. The first kappa shape index (κ1) is 23.5. The molecule has 0 aromatic rings. The number of amides is 1. The number of unbranched alkanes of at least 4 members (excludes halogenated alkanes) is 12. The number of nitrogens with one attached hydrogen (secondary N) is 1. The molecule has 1 N–H and O–H groups in total. The summed E-state index contributed by atoms with van der Waals surface area (Å²) in [6.45, 7) is 8.54. The Hall–Kier alpha value is -0.570. The van der Waals surface area contributed by atoms with Gasteiger partial charge >= 0.3 is 0 Å². The fourth-order valence-electron chi connectivity index (χ4n) is 4.06. The maximum Gasteiger partial charge on any atom is 0.222 e. The molecule has 1 aliphatic rings. The van der Waals surface area contributed by atoms with E-state index in [4.69, 9.17) is 0 Å². The molecule has 1 amide bonds. The Kier molecular flexibility index (Phi) is 14.0. The predicted molar refractivity (Wildman–Crippen MR) is 114 cm³/mol. The van der Waals surface area contributed by atoms with Gasteiger partial charge in [0.1, 0.15) is 0 Å². The SMILES string of the molecule is CCCCCCCCCCCCCCCN1CC(NC(C)C)CCC1=O. The molecule has 1 atom stereocenters. The Bertz CT molecular complexity index is 343. The maximum absolute atomic E-state index is 12.1. The van der Waals surface area contributed by atoms with Crippen LogP contribution in [-0.4, -0.2) is 36.0 Å². The number of piperidine rings is 1. The molecular formula is C23H46N2O. The van der Waals surface area contributed by atoms with E-state index in [0.29, 0.717) is 18.0 Å². The van der Waals surface area contributed by atoms with E-state index < -0.39 is 0 Å². The molecular weight excluding hydrogens is 320 g/mol. The molecule has 1 fully saturated rings. The number of rotatable bonds is 16. The van der Waals surface area contributed by atoms with Crippen LogP contribution in [0.1, 0.15) is 117 Å². The predicted octanol–water partition coefficient (Wildman–Crippen LogP) is 6.07. The Morgan fingerprint density at radius 1 is 0.885 bits per heavy atom. The molecule has 3 heteroatoms. The van der Waals surface area contributed by atoms with Gasteiger partial charge in [0, 0.05) is 31.6 Å². The summed E-state index contributed by atoms with van der Waals surface area (Å²) in [5.41, 5.74) is 0. The molecule has 0 spiro atoms. The summed E-state index contributed by atoms with van der Waals surface area (Å²) in [4.78, 5) is 14.2. The highest BCUT2D eigenvalue weighted by Crippen LogP contribution is 2.15. The highest BCUT2D eigenvalue weighted by Gasteiger charge is 2.25. The lowest BCUT2D eigenvalue weighted by atomic mass is 10.0. The van der Waals surface area contributed by atoms with Crippen molar-refractivity contribution in [1.29, 1.82) is 0 Å². The summed E-state index contributed by atoms with van der Waals surface area (Å²) in [6.07, 6.45) is 19.7. The Labute approximate surface area is 163 Å². The van der Waals surface area contributed by atoms with Gasteiger partial charge in [-0.05, 0) is 12.8 Å². The Morgan fingerprint density at radius 2 is 1.38 bits per heavy atom. The standard InChI is InChI=1S/C23H46N2O/c1-4-5-6-7-8-9-10-11-12-13-14-15-16-19-25-20-22(24-21(2)3)17-18-23(25)26/h21-22,24H,4-20H2,1-3H3. The first-order valence-electron chi connectivity index (χ1n) is 11.7. The fourth-order valence-corrected chi connectivity index (χ4v) is 4.06. The van der Waals surface area contributed by atoms with E-state index in [2.05, 4.69) is 31.0 Å². The van der Waals surface area contributed by atoms with Crippen LogP contribution >= 0.6 is 0 Å². The van der Waals surface area contributed by atoms with Crippen molar-refractivity contribution in [3.05, 3.63) is 0 Å². The van der Waals surface area contributed by atoms with E-state index in [1.165, 1.54) is 83.5 Å². The van der Waals surface area contributed by atoms with E-state index >= 15 is 0 Å². The molecule has 26 heavy (non-hydrogen) atoms. The van der Waals surface area contributed by atoms with Crippen LogP contribution in [0.4, 0.5) is 0 Å². The molecule has 0 aromatic heterocycles. The summed E-state index contributed by atoms with van der Waals surface area (Å²) in [6, 6.07) is 1.00. The number of carbonyl (C=O) groups excluding carboxylic acids is 1. The van der Waals surface area contributed by atoms with Crippen molar-refractivity contribution < 1.29 is 4.79 Å². The molecule has 1 unspecified atom stereocenters. The molecule has 1 aliphatic heterocycles. The highest BCUT2D eigenvalue weighted by atomic mass is 16.2. The van der Waals surface area contributed by atoms with Crippen LogP contribution < -0.4 is 5.32 Å².